The Hall–Kier alpha value is -3.09. The summed E-state index contributed by atoms with van der Waals surface area (Å²) in [5.74, 6) is 0.143. The number of hydrogen-bond donors (Lipinski definition) is 1. The number of amides is 1. The predicted octanol–water partition coefficient (Wildman–Crippen LogP) is 6.66. The van der Waals surface area contributed by atoms with Crippen molar-refractivity contribution in [1.82, 2.24) is 4.98 Å². The van der Waals surface area contributed by atoms with E-state index in [4.69, 9.17) is 32.7 Å². The van der Waals surface area contributed by atoms with Gasteiger partial charge in [0.2, 0.25) is 0 Å². The highest BCUT2D eigenvalue weighted by Gasteiger charge is 2.17. The molecule has 33 heavy (non-hydrogen) atoms. The standard InChI is InChI=1S/C25H24Cl2N2O4/c1-4-25(2,3)17-5-9-19(10-6-17)33-20-11-7-18(8-12-20)28-23(30)15-32-24(31)16-13-21(26)29-22(27)14-16/h5-14H,4,15H2,1-3H3,(H,28,30). The van der Waals surface area contributed by atoms with Crippen LogP contribution in [0.3, 0.4) is 0 Å². The SMILES string of the molecule is CCC(C)(C)c1ccc(Oc2ccc(NC(=O)COC(=O)c3cc(Cl)nc(Cl)c3)cc2)cc1. The summed E-state index contributed by atoms with van der Waals surface area (Å²) >= 11 is 11.5. The zero-order valence-electron chi connectivity index (χ0n) is 18.5. The monoisotopic (exact) mass is 486 g/mol. The molecule has 0 atom stereocenters. The first-order valence-electron chi connectivity index (χ1n) is 10.3. The Morgan fingerprint density at radius 3 is 2.03 bits per heavy atom. The highest BCUT2D eigenvalue weighted by Crippen LogP contribution is 2.30. The van der Waals surface area contributed by atoms with Crippen molar-refractivity contribution in [2.24, 2.45) is 0 Å². The molecule has 0 saturated heterocycles. The predicted molar refractivity (Wildman–Crippen MR) is 129 cm³/mol. The summed E-state index contributed by atoms with van der Waals surface area (Å²) in [5.41, 5.74) is 2.02. The van der Waals surface area contributed by atoms with Gasteiger partial charge in [-0.3, -0.25) is 4.79 Å². The summed E-state index contributed by atoms with van der Waals surface area (Å²) in [6.07, 6.45) is 1.05. The number of anilines is 1. The van der Waals surface area contributed by atoms with Crippen LogP contribution in [0, 0.1) is 0 Å². The van der Waals surface area contributed by atoms with Crippen LogP contribution in [0.5, 0.6) is 11.5 Å². The number of benzene rings is 2. The molecule has 1 N–H and O–H groups in total. The summed E-state index contributed by atoms with van der Waals surface area (Å²) in [6.45, 7) is 6.12. The number of nitrogens with zero attached hydrogens (tertiary/aromatic N) is 1. The molecule has 0 bridgehead atoms. The van der Waals surface area contributed by atoms with E-state index in [1.165, 1.54) is 17.7 Å². The van der Waals surface area contributed by atoms with Gasteiger partial charge in [0.1, 0.15) is 21.8 Å². The first-order valence-corrected chi connectivity index (χ1v) is 11.1. The molecule has 8 heteroatoms. The van der Waals surface area contributed by atoms with Crippen molar-refractivity contribution in [3.8, 4) is 11.5 Å². The van der Waals surface area contributed by atoms with Crippen molar-refractivity contribution >= 4 is 40.8 Å². The van der Waals surface area contributed by atoms with Crippen LogP contribution in [0.2, 0.25) is 10.3 Å². The maximum Gasteiger partial charge on any atom is 0.338 e. The molecule has 172 valence electrons. The average Bonchev–Trinajstić information content (AvgIpc) is 2.78. The molecule has 2 aromatic carbocycles. The van der Waals surface area contributed by atoms with Crippen LogP contribution in [-0.2, 0) is 14.9 Å². The van der Waals surface area contributed by atoms with Crippen LogP contribution in [0.4, 0.5) is 5.69 Å². The fourth-order valence-electron chi connectivity index (χ4n) is 2.91. The van der Waals surface area contributed by atoms with Gasteiger partial charge in [0.25, 0.3) is 5.91 Å². The van der Waals surface area contributed by atoms with Gasteiger partial charge in [-0.1, -0.05) is 56.1 Å². The lowest BCUT2D eigenvalue weighted by atomic mass is 9.82. The Labute approximate surface area is 202 Å². The second-order valence-electron chi connectivity index (χ2n) is 8.01. The number of ether oxygens (including phenoxy) is 2. The van der Waals surface area contributed by atoms with Gasteiger partial charge in [-0.2, -0.15) is 0 Å². The number of pyridine rings is 1. The van der Waals surface area contributed by atoms with Gasteiger partial charge in [-0.15, -0.1) is 0 Å². The third-order valence-corrected chi connectivity index (χ3v) is 5.61. The van der Waals surface area contributed by atoms with E-state index < -0.39 is 18.5 Å². The molecule has 0 saturated carbocycles. The van der Waals surface area contributed by atoms with Crippen LogP contribution >= 0.6 is 23.2 Å². The summed E-state index contributed by atoms with van der Waals surface area (Å²) in [6, 6.07) is 17.5. The molecule has 1 amide bonds. The number of halogens is 2. The number of nitrogens with one attached hydrogen (secondary N) is 1. The molecule has 3 rings (SSSR count). The largest absolute Gasteiger partial charge is 0.457 e. The number of aromatic nitrogens is 1. The van der Waals surface area contributed by atoms with Gasteiger partial charge < -0.3 is 14.8 Å². The first kappa shape index (κ1) is 24.6. The van der Waals surface area contributed by atoms with Gasteiger partial charge in [0.15, 0.2) is 6.61 Å². The van der Waals surface area contributed by atoms with Crippen LogP contribution in [-0.4, -0.2) is 23.5 Å². The van der Waals surface area contributed by atoms with Gasteiger partial charge in [-0.05, 0) is 65.9 Å². The van der Waals surface area contributed by atoms with Gasteiger partial charge in [0, 0.05) is 5.69 Å². The summed E-state index contributed by atoms with van der Waals surface area (Å²) in [4.78, 5) is 27.9. The number of carbonyl (C=O) groups is 2. The van der Waals surface area contributed by atoms with Crippen LogP contribution < -0.4 is 10.1 Å². The van der Waals surface area contributed by atoms with E-state index in [1.54, 1.807) is 24.3 Å². The Bertz CT molecular complexity index is 1110. The molecular weight excluding hydrogens is 463 g/mol. The second kappa shape index (κ2) is 10.7. The maximum atomic E-state index is 12.1. The van der Waals surface area contributed by atoms with Gasteiger partial charge in [-0.25, -0.2) is 9.78 Å². The Balaban J connectivity index is 1.51. The molecule has 0 spiro atoms. The highest BCUT2D eigenvalue weighted by atomic mass is 35.5. The lowest BCUT2D eigenvalue weighted by molar-refractivity contribution is -0.119. The first-order chi connectivity index (χ1) is 15.7. The van der Waals surface area contributed by atoms with Crippen molar-refractivity contribution in [3.05, 3.63) is 82.1 Å². The van der Waals surface area contributed by atoms with Crippen molar-refractivity contribution in [2.45, 2.75) is 32.6 Å². The molecule has 3 aromatic rings. The molecule has 0 fully saturated rings. The molecule has 0 radical (unpaired) electrons. The molecule has 6 nitrogen and oxygen atoms in total. The summed E-state index contributed by atoms with van der Waals surface area (Å²) < 4.78 is 10.9. The molecule has 0 aliphatic carbocycles. The summed E-state index contributed by atoms with van der Waals surface area (Å²) in [5, 5.41) is 2.77. The lowest BCUT2D eigenvalue weighted by Crippen LogP contribution is -2.21. The second-order valence-corrected chi connectivity index (χ2v) is 8.79. The number of carbonyl (C=O) groups excluding carboxylic acids is 2. The summed E-state index contributed by atoms with van der Waals surface area (Å²) in [7, 11) is 0. The minimum Gasteiger partial charge on any atom is -0.457 e. The average molecular weight is 487 g/mol. The molecule has 1 aromatic heterocycles. The topological polar surface area (TPSA) is 77.5 Å². The molecule has 0 aliphatic heterocycles. The zero-order chi connectivity index (χ0) is 24.0. The normalized spacial score (nSPS) is 11.1. The molecule has 0 unspecified atom stereocenters. The smallest absolute Gasteiger partial charge is 0.338 e. The maximum absolute atomic E-state index is 12.1. The fourth-order valence-corrected chi connectivity index (χ4v) is 3.38. The van der Waals surface area contributed by atoms with Crippen LogP contribution in [0.1, 0.15) is 43.1 Å². The van der Waals surface area contributed by atoms with E-state index in [2.05, 4.69) is 43.2 Å². The third-order valence-electron chi connectivity index (χ3n) is 5.23. The van der Waals surface area contributed by atoms with E-state index in [-0.39, 0.29) is 21.3 Å². The Morgan fingerprint density at radius 1 is 0.939 bits per heavy atom. The van der Waals surface area contributed by atoms with Crippen molar-refractivity contribution in [2.75, 3.05) is 11.9 Å². The molecular formula is C25H24Cl2N2O4. The lowest BCUT2D eigenvalue weighted by Gasteiger charge is -2.23. The number of hydrogen-bond acceptors (Lipinski definition) is 5. The van der Waals surface area contributed by atoms with E-state index in [0.29, 0.717) is 11.4 Å². The fraction of sp³-hybridized carbons (Fsp3) is 0.240. The minimum absolute atomic E-state index is 0.0574. The quantitative estimate of drug-likeness (QED) is 0.284. The van der Waals surface area contributed by atoms with Crippen molar-refractivity contribution in [3.63, 3.8) is 0 Å². The van der Waals surface area contributed by atoms with Gasteiger partial charge in [0.05, 0.1) is 5.56 Å². The van der Waals surface area contributed by atoms with E-state index >= 15 is 0 Å². The number of rotatable bonds is 8. The molecule has 0 aliphatic rings. The van der Waals surface area contributed by atoms with Crippen LogP contribution in [0.15, 0.2) is 60.7 Å². The van der Waals surface area contributed by atoms with Crippen LogP contribution in [0.25, 0.3) is 0 Å². The highest BCUT2D eigenvalue weighted by molar-refractivity contribution is 6.32. The Kier molecular flexibility index (Phi) is 7.95. The van der Waals surface area contributed by atoms with E-state index in [1.807, 2.05) is 12.1 Å². The van der Waals surface area contributed by atoms with E-state index in [0.717, 1.165) is 12.2 Å². The number of esters is 1. The van der Waals surface area contributed by atoms with Crippen molar-refractivity contribution < 1.29 is 19.1 Å². The zero-order valence-corrected chi connectivity index (χ0v) is 20.0. The third kappa shape index (κ3) is 6.94. The minimum atomic E-state index is -0.728. The molecule has 1 heterocycles. The van der Waals surface area contributed by atoms with Gasteiger partial charge >= 0.3 is 5.97 Å². The Morgan fingerprint density at radius 2 is 1.48 bits per heavy atom. The van der Waals surface area contributed by atoms with E-state index in [9.17, 15) is 9.59 Å². The van der Waals surface area contributed by atoms with Crippen molar-refractivity contribution in [1.29, 1.82) is 0 Å².